The Morgan fingerprint density at radius 2 is 2.24 bits per heavy atom. The van der Waals surface area contributed by atoms with Crippen LogP contribution in [0.2, 0.25) is 0 Å². The van der Waals surface area contributed by atoms with Gasteiger partial charge in [-0.05, 0) is 38.8 Å². The number of anilines is 1. The maximum atomic E-state index is 12.1. The van der Waals surface area contributed by atoms with Gasteiger partial charge in [-0.15, -0.1) is 0 Å². The number of ether oxygens (including phenoxy) is 1. The van der Waals surface area contributed by atoms with E-state index in [0.717, 1.165) is 24.2 Å². The maximum Gasteiger partial charge on any atom is 0.224 e. The first-order valence-electron chi connectivity index (χ1n) is 7.98. The number of carbonyl (C=O) groups excluding carboxylic acids is 1. The molecule has 4 nitrogen and oxygen atoms in total. The van der Waals surface area contributed by atoms with Gasteiger partial charge < -0.3 is 15.4 Å². The molecule has 2 N–H and O–H groups in total. The molecule has 4 heteroatoms. The minimum atomic E-state index is 0.0892. The Morgan fingerprint density at radius 3 is 3.00 bits per heavy atom. The molecule has 116 valence electrons. The molecule has 0 spiro atoms. The van der Waals surface area contributed by atoms with Crippen molar-refractivity contribution < 1.29 is 9.53 Å². The molecule has 1 fully saturated rings. The molecule has 0 saturated carbocycles. The van der Waals surface area contributed by atoms with Crippen LogP contribution >= 0.6 is 0 Å². The molecule has 0 bridgehead atoms. The van der Waals surface area contributed by atoms with E-state index in [0.29, 0.717) is 25.7 Å². The number of hydrogen-bond donors (Lipinski definition) is 2. The Kier molecular flexibility index (Phi) is 6.70. The van der Waals surface area contributed by atoms with Crippen molar-refractivity contribution in [2.45, 2.75) is 51.7 Å². The molecule has 2 rings (SSSR count). The lowest BCUT2D eigenvalue weighted by Gasteiger charge is -2.23. The van der Waals surface area contributed by atoms with Gasteiger partial charge in [0.15, 0.2) is 0 Å². The monoisotopic (exact) mass is 290 g/mol. The summed E-state index contributed by atoms with van der Waals surface area (Å²) in [6, 6.07) is 8.34. The van der Waals surface area contributed by atoms with Crippen molar-refractivity contribution in [2.75, 3.05) is 18.5 Å². The lowest BCUT2D eigenvalue weighted by atomic mass is 10.0. The Labute approximate surface area is 127 Å². The van der Waals surface area contributed by atoms with Crippen molar-refractivity contribution in [1.29, 1.82) is 0 Å². The molecule has 1 heterocycles. The number of rotatable bonds is 7. The Balaban J connectivity index is 1.81. The summed E-state index contributed by atoms with van der Waals surface area (Å²) in [6.45, 7) is 4.27. The van der Waals surface area contributed by atoms with E-state index in [2.05, 4.69) is 10.6 Å². The van der Waals surface area contributed by atoms with Crippen LogP contribution in [-0.4, -0.2) is 25.1 Å². The molecule has 1 aromatic carbocycles. The quantitative estimate of drug-likeness (QED) is 0.811. The number of nitrogens with one attached hydrogen (secondary N) is 2. The summed E-state index contributed by atoms with van der Waals surface area (Å²) in [6.07, 6.45) is 5.21. The van der Waals surface area contributed by atoms with Gasteiger partial charge in [0.1, 0.15) is 0 Å². The van der Waals surface area contributed by atoms with E-state index in [1.54, 1.807) is 0 Å². The molecule has 1 aromatic rings. The third kappa shape index (κ3) is 5.48. The standard InChI is InChI=1S/C17H26N2O2/c1-2-21-13-14-7-3-4-9-16(14)19-17(20)11-10-15-8-5-6-12-18-15/h3-4,7,9,15,18H,2,5-6,8,10-13H2,1H3,(H,19,20). The first kappa shape index (κ1) is 16.0. The number of benzene rings is 1. The molecule has 0 radical (unpaired) electrons. The van der Waals surface area contributed by atoms with Crippen LogP contribution in [0.4, 0.5) is 5.69 Å². The summed E-state index contributed by atoms with van der Waals surface area (Å²) in [7, 11) is 0. The summed E-state index contributed by atoms with van der Waals surface area (Å²) >= 11 is 0. The highest BCUT2D eigenvalue weighted by atomic mass is 16.5. The Bertz CT molecular complexity index is 442. The topological polar surface area (TPSA) is 50.4 Å². The van der Waals surface area contributed by atoms with Gasteiger partial charge in [0.05, 0.1) is 6.61 Å². The fourth-order valence-electron chi connectivity index (χ4n) is 2.67. The number of para-hydroxylation sites is 1. The summed E-state index contributed by atoms with van der Waals surface area (Å²) in [5.41, 5.74) is 1.90. The van der Waals surface area contributed by atoms with E-state index < -0.39 is 0 Å². The van der Waals surface area contributed by atoms with E-state index in [9.17, 15) is 4.79 Å². The molecular weight excluding hydrogens is 264 g/mol. The summed E-state index contributed by atoms with van der Waals surface area (Å²) in [5, 5.41) is 6.49. The predicted octanol–water partition coefficient (Wildman–Crippen LogP) is 3.08. The van der Waals surface area contributed by atoms with Crippen molar-refractivity contribution in [3.05, 3.63) is 29.8 Å². The largest absolute Gasteiger partial charge is 0.377 e. The molecular formula is C17H26N2O2. The fraction of sp³-hybridized carbons (Fsp3) is 0.588. The molecule has 0 aliphatic carbocycles. The Morgan fingerprint density at radius 1 is 1.38 bits per heavy atom. The average molecular weight is 290 g/mol. The zero-order chi connectivity index (χ0) is 14.9. The van der Waals surface area contributed by atoms with Gasteiger partial charge in [0.2, 0.25) is 5.91 Å². The highest BCUT2D eigenvalue weighted by Gasteiger charge is 2.14. The zero-order valence-electron chi connectivity index (χ0n) is 12.9. The van der Waals surface area contributed by atoms with Gasteiger partial charge in [-0.3, -0.25) is 4.79 Å². The lowest BCUT2D eigenvalue weighted by molar-refractivity contribution is -0.116. The lowest BCUT2D eigenvalue weighted by Crippen LogP contribution is -2.34. The predicted molar refractivity (Wildman–Crippen MR) is 85.3 cm³/mol. The minimum absolute atomic E-state index is 0.0892. The number of carbonyl (C=O) groups is 1. The van der Waals surface area contributed by atoms with Gasteiger partial charge in [-0.2, -0.15) is 0 Å². The van der Waals surface area contributed by atoms with Gasteiger partial charge in [0, 0.05) is 30.3 Å². The van der Waals surface area contributed by atoms with E-state index in [-0.39, 0.29) is 5.91 Å². The van der Waals surface area contributed by atoms with Crippen molar-refractivity contribution in [2.24, 2.45) is 0 Å². The van der Waals surface area contributed by atoms with Crippen LogP contribution in [-0.2, 0) is 16.1 Å². The van der Waals surface area contributed by atoms with Crippen LogP contribution in [0, 0.1) is 0 Å². The minimum Gasteiger partial charge on any atom is -0.377 e. The first-order valence-corrected chi connectivity index (χ1v) is 7.98. The second-order valence-electron chi connectivity index (χ2n) is 5.53. The average Bonchev–Trinajstić information content (AvgIpc) is 2.53. The molecule has 1 atom stereocenters. The molecule has 1 aliphatic rings. The number of hydrogen-bond acceptors (Lipinski definition) is 3. The zero-order valence-corrected chi connectivity index (χ0v) is 12.9. The maximum absolute atomic E-state index is 12.1. The highest BCUT2D eigenvalue weighted by molar-refractivity contribution is 5.91. The summed E-state index contributed by atoms with van der Waals surface area (Å²) < 4.78 is 5.44. The Hall–Kier alpha value is -1.39. The van der Waals surface area contributed by atoms with E-state index >= 15 is 0 Å². The van der Waals surface area contributed by atoms with Crippen LogP contribution in [0.5, 0.6) is 0 Å². The van der Waals surface area contributed by atoms with Crippen LogP contribution in [0.25, 0.3) is 0 Å². The molecule has 1 saturated heterocycles. The van der Waals surface area contributed by atoms with Crippen LogP contribution in [0.15, 0.2) is 24.3 Å². The fourth-order valence-corrected chi connectivity index (χ4v) is 2.67. The van der Waals surface area contributed by atoms with Crippen LogP contribution in [0.1, 0.15) is 44.6 Å². The van der Waals surface area contributed by atoms with Crippen LogP contribution in [0.3, 0.4) is 0 Å². The van der Waals surface area contributed by atoms with Gasteiger partial charge >= 0.3 is 0 Å². The molecule has 0 aromatic heterocycles. The smallest absolute Gasteiger partial charge is 0.224 e. The van der Waals surface area contributed by atoms with E-state index in [4.69, 9.17) is 4.74 Å². The SMILES string of the molecule is CCOCc1ccccc1NC(=O)CCC1CCCCN1. The summed E-state index contributed by atoms with van der Waals surface area (Å²) in [4.78, 5) is 12.1. The third-order valence-corrected chi connectivity index (χ3v) is 3.89. The first-order chi connectivity index (χ1) is 10.3. The van der Waals surface area contributed by atoms with Crippen LogP contribution < -0.4 is 10.6 Å². The van der Waals surface area contributed by atoms with Crippen molar-refractivity contribution in [3.8, 4) is 0 Å². The highest BCUT2D eigenvalue weighted by Crippen LogP contribution is 2.17. The number of piperidine rings is 1. The normalized spacial score (nSPS) is 18.4. The molecule has 21 heavy (non-hydrogen) atoms. The van der Waals surface area contributed by atoms with Crippen molar-refractivity contribution in [1.82, 2.24) is 5.32 Å². The van der Waals surface area contributed by atoms with Gasteiger partial charge in [0.25, 0.3) is 0 Å². The van der Waals surface area contributed by atoms with Gasteiger partial charge in [-0.1, -0.05) is 24.6 Å². The second kappa shape index (κ2) is 8.80. The number of amides is 1. The van der Waals surface area contributed by atoms with Crippen molar-refractivity contribution >= 4 is 11.6 Å². The molecule has 1 aliphatic heterocycles. The second-order valence-corrected chi connectivity index (χ2v) is 5.53. The van der Waals surface area contributed by atoms with E-state index in [1.165, 1.54) is 19.3 Å². The van der Waals surface area contributed by atoms with Crippen molar-refractivity contribution in [3.63, 3.8) is 0 Å². The van der Waals surface area contributed by atoms with Gasteiger partial charge in [-0.25, -0.2) is 0 Å². The summed E-state index contributed by atoms with van der Waals surface area (Å²) in [5.74, 6) is 0.0892. The molecule has 1 unspecified atom stereocenters. The third-order valence-electron chi connectivity index (χ3n) is 3.89. The molecule has 1 amide bonds. The van der Waals surface area contributed by atoms with E-state index in [1.807, 2.05) is 31.2 Å².